The van der Waals surface area contributed by atoms with Crippen LogP contribution in [-0.2, 0) is 4.79 Å². The molecule has 1 N–H and O–H groups in total. The molecular formula is C16H13N3O3. The van der Waals surface area contributed by atoms with Crippen LogP contribution in [0.4, 0.5) is 5.69 Å². The highest BCUT2D eigenvalue weighted by Gasteiger charge is 2.07. The van der Waals surface area contributed by atoms with Crippen LogP contribution in [0.15, 0.2) is 64.3 Å². The maximum Gasteiger partial charge on any atom is 0.255 e. The quantitative estimate of drug-likeness (QED) is 0.805. The fraction of sp³-hybridized carbons (Fsp3) is 0.0625. The molecule has 3 aromatic rings. The Balaban J connectivity index is 2.06. The summed E-state index contributed by atoms with van der Waals surface area (Å²) in [6.07, 6.45) is 4.67. The largest absolute Gasteiger partial charge is 0.444 e. The third-order valence-corrected chi connectivity index (χ3v) is 3.04. The lowest BCUT2D eigenvalue weighted by Crippen LogP contribution is -2.17. The SMILES string of the molecule is CC(=O)Nc1cccc(-n2cc(-c3ncco3)ccc2=O)c1. The second-order valence-corrected chi connectivity index (χ2v) is 4.69. The van der Waals surface area contributed by atoms with Gasteiger partial charge in [-0.1, -0.05) is 6.07 Å². The predicted molar refractivity (Wildman–Crippen MR) is 81.8 cm³/mol. The molecule has 6 heteroatoms. The van der Waals surface area contributed by atoms with E-state index in [4.69, 9.17) is 4.42 Å². The highest BCUT2D eigenvalue weighted by atomic mass is 16.3. The van der Waals surface area contributed by atoms with Gasteiger partial charge in [0.1, 0.15) is 6.26 Å². The van der Waals surface area contributed by atoms with Crippen LogP contribution in [0.1, 0.15) is 6.92 Å². The Morgan fingerprint density at radius 1 is 1.27 bits per heavy atom. The van der Waals surface area contributed by atoms with E-state index in [9.17, 15) is 9.59 Å². The van der Waals surface area contributed by atoms with E-state index in [1.807, 2.05) is 0 Å². The number of aromatic nitrogens is 2. The van der Waals surface area contributed by atoms with E-state index in [2.05, 4.69) is 10.3 Å². The van der Waals surface area contributed by atoms with Gasteiger partial charge in [-0.15, -0.1) is 0 Å². The van der Waals surface area contributed by atoms with Crippen molar-refractivity contribution in [2.45, 2.75) is 6.92 Å². The van der Waals surface area contributed by atoms with Gasteiger partial charge in [0.15, 0.2) is 0 Å². The zero-order valence-corrected chi connectivity index (χ0v) is 11.8. The molecule has 6 nitrogen and oxygen atoms in total. The van der Waals surface area contributed by atoms with Gasteiger partial charge in [0.25, 0.3) is 5.56 Å². The lowest BCUT2D eigenvalue weighted by Gasteiger charge is -2.09. The van der Waals surface area contributed by atoms with Gasteiger partial charge in [0.2, 0.25) is 11.8 Å². The summed E-state index contributed by atoms with van der Waals surface area (Å²) in [6.45, 7) is 1.43. The number of hydrogen-bond acceptors (Lipinski definition) is 4. The van der Waals surface area contributed by atoms with Gasteiger partial charge in [-0.3, -0.25) is 14.2 Å². The average molecular weight is 295 g/mol. The number of nitrogens with one attached hydrogen (secondary N) is 1. The van der Waals surface area contributed by atoms with Crippen LogP contribution in [0.2, 0.25) is 0 Å². The second kappa shape index (κ2) is 5.69. The van der Waals surface area contributed by atoms with Crippen molar-refractivity contribution in [3.8, 4) is 17.1 Å². The maximum absolute atomic E-state index is 12.1. The van der Waals surface area contributed by atoms with Gasteiger partial charge in [0, 0.05) is 24.9 Å². The fourth-order valence-electron chi connectivity index (χ4n) is 2.12. The Morgan fingerprint density at radius 3 is 2.86 bits per heavy atom. The number of anilines is 1. The fourth-order valence-corrected chi connectivity index (χ4v) is 2.12. The van der Waals surface area contributed by atoms with Crippen molar-refractivity contribution in [3.05, 3.63) is 65.4 Å². The van der Waals surface area contributed by atoms with Crippen molar-refractivity contribution in [1.82, 2.24) is 9.55 Å². The summed E-state index contributed by atoms with van der Waals surface area (Å²) in [6, 6.07) is 10.1. The summed E-state index contributed by atoms with van der Waals surface area (Å²) in [7, 11) is 0. The van der Waals surface area contributed by atoms with Crippen molar-refractivity contribution >= 4 is 11.6 Å². The molecule has 0 aliphatic rings. The first kappa shape index (κ1) is 13.8. The molecule has 0 saturated heterocycles. The Hall–Kier alpha value is -3.15. The van der Waals surface area contributed by atoms with Gasteiger partial charge in [0.05, 0.1) is 17.4 Å². The van der Waals surface area contributed by atoms with Crippen LogP contribution >= 0.6 is 0 Å². The van der Waals surface area contributed by atoms with Crippen molar-refractivity contribution < 1.29 is 9.21 Å². The lowest BCUT2D eigenvalue weighted by molar-refractivity contribution is -0.114. The van der Waals surface area contributed by atoms with E-state index in [1.165, 1.54) is 23.8 Å². The normalized spacial score (nSPS) is 10.4. The summed E-state index contributed by atoms with van der Waals surface area (Å²) in [5.74, 6) is 0.268. The second-order valence-electron chi connectivity index (χ2n) is 4.69. The number of nitrogens with zero attached hydrogens (tertiary/aromatic N) is 2. The molecule has 0 fully saturated rings. The summed E-state index contributed by atoms with van der Waals surface area (Å²) in [5.41, 5.74) is 1.77. The van der Waals surface area contributed by atoms with Crippen molar-refractivity contribution in [3.63, 3.8) is 0 Å². The Kier molecular flexibility index (Phi) is 3.57. The van der Waals surface area contributed by atoms with Crippen molar-refractivity contribution in [2.75, 3.05) is 5.32 Å². The van der Waals surface area contributed by atoms with E-state index in [0.717, 1.165) is 0 Å². The first-order chi connectivity index (χ1) is 10.6. The number of pyridine rings is 1. The van der Waals surface area contributed by atoms with Crippen LogP contribution in [0.5, 0.6) is 0 Å². The maximum atomic E-state index is 12.1. The van der Waals surface area contributed by atoms with Crippen molar-refractivity contribution in [2.24, 2.45) is 0 Å². The lowest BCUT2D eigenvalue weighted by atomic mass is 10.2. The van der Waals surface area contributed by atoms with Gasteiger partial charge >= 0.3 is 0 Å². The number of rotatable bonds is 3. The highest BCUT2D eigenvalue weighted by molar-refractivity contribution is 5.88. The standard InChI is InChI=1S/C16H13N3O3/c1-11(20)18-13-3-2-4-14(9-13)19-10-12(5-6-15(19)21)16-17-7-8-22-16/h2-10H,1H3,(H,18,20). The zero-order chi connectivity index (χ0) is 15.5. The van der Waals surface area contributed by atoms with Gasteiger partial charge in [-0.05, 0) is 24.3 Å². The Labute approximate surface area is 126 Å². The number of oxazole rings is 1. The molecule has 0 bridgehead atoms. The Morgan fingerprint density at radius 2 is 2.14 bits per heavy atom. The molecule has 0 unspecified atom stereocenters. The zero-order valence-electron chi connectivity index (χ0n) is 11.8. The molecule has 0 atom stereocenters. The van der Waals surface area contributed by atoms with E-state index in [-0.39, 0.29) is 11.5 Å². The number of benzene rings is 1. The average Bonchev–Trinajstić information content (AvgIpc) is 3.01. The highest BCUT2D eigenvalue weighted by Crippen LogP contribution is 2.18. The molecule has 0 spiro atoms. The Bertz CT molecular complexity index is 866. The predicted octanol–water partition coefficient (Wildman–Crippen LogP) is 2.45. The van der Waals surface area contributed by atoms with Gasteiger partial charge < -0.3 is 9.73 Å². The van der Waals surface area contributed by atoms with Gasteiger partial charge in [-0.2, -0.15) is 0 Å². The van der Waals surface area contributed by atoms with E-state index in [1.54, 1.807) is 42.7 Å². The molecule has 110 valence electrons. The molecule has 0 aliphatic carbocycles. The molecule has 2 heterocycles. The minimum absolute atomic E-state index is 0.168. The first-order valence-corrected chi connectivity index (χ1v) is 6.64. The summed E-state index contributed by atoms with van der Waals surface area (Å²) >= 11 is 0. The van der Waals surface area contributed by atoms with Crippen LogP contribution in [0, 0.1) is 0 Å². The third kappa shape index (κ3) is 2.80. The number of carbonyl (C=O) groups is 1. The third-order valence-electron chi connectivity index (χ3n) is 3.04. The van der Waals surface area contributed by atoms with Crippen LogP contribution < -0.4 is 10.9 Å². The topological polar surface area (TPSA) is 77.1 Å². The van der Waals surface area contributed by atoms with Crippen LogP contribution in [0.3, 0.4) is 0 Å². The summed E-state index contributed by atoms with van der Waals surface area (Å²) < 4.78 is 6.72. The van der Waals surface area contributed by atoms with E-state index < -0.39 is 0 Å². The number of hydrogen-bond donors (Lipinski definition) is 1. The summed E-state index contributed by atoms with van der Waals surface area (Å²) in [4.78, 5) is 27.3. The summed E-state index contributed by atoms with van der Waals surface area (Å²) in [5, 5.41) is 2.69. The van der Waals surface area contributed by atoms with Crippen LogP contribution in [-0.4, -0.2) is 15.5 Å². The molecule has 1 aromatic carbocycles. The molecule has 1 amide bonds. The number of carbonyl (C=O) groups excluding carboxylic acids is 1. The molecule has 0 radical (unpaired) electrons. The van der Waals surface area contributed by atoms with Gasteiger partial charge in [-0.25, -0.2) is 4.98 Å². The molecular weight excluding hydrogens is 282 g/mol. The monoisotopic (exact) mass is 295 g/mol. The molecule has 2 aromatic heterocycles. The van der Waals surface area contributed by atoms with Crippen molar-refractivity contribution in [1.29, 1.82) is 0 Å². The van der Waals surface area contributed by atoms with E-state index in [0.29, 0.717) is 22.8 Å². The molecule has 0 saturated carbocycles. The minimum Gasteiger partial charge on any atom is -0.444 e. The molecule has 22 heavy (non-hydrogen) atoms. The number of amides is 1. The van der Waals surface area contributed by atoms with E-state index >= 15 is 0 Å². The molecule has 0 aliphatic heterocycles. The first-order valence-electron chi connectivity index (χ1n) is 6.64. The smallest absolute Gasteiger partial charge is 0.255 e. The molecule has 3 rings (SSSR count). The van der Waals surface area contributed by atoms with Crippen LogP contribution in [0.25, 0.3) is 17.1 Å². The minimum atomic E-state index is -0.185.